The summed E-state index contributed by atoms with van der Waals surface area (Å²) >= 11 is 0. The fourth-order valence-corrected chi connectivity index (χ4v) is 3.46. The molecule has 1 aliphatic rings. The SMILES string of the molecule is CN1CCc2c([nH]c3ccccc23)C1C(C)(C)C. The number of nitrogens with zero attached hydrogens (tertiary/aromatic N) is 1. The zero-order valence-electron chi connectivity index (χ0n) is 11.7. The number of hydrogen-bond donors (Lipinski definition) is 1. The van der Waals surface area contributed by atoms with Crippen molar-refractivity contribution in [3.05, 3.63) is 35.5 Å². The predicted molar refractivity (Wildman–Crippen MR) is 76.8 cm³/mol. The monoisotopic (exact) mass is 242 g/mol. The molecular weight excluding hydrogens is 220 g/mol. The van der Waals surface area contributed by atoms with Crippen LogP contribution >= 0.6 is 0 Å². The lowest BCUT2D eigenvalue weighted by molar-refractivity contribution is 0.113. The lowest BCUT2D eigenvalue weighted by Crippen LogP contribution is -2.39. The van der Waals surface area contributed by atoms with Crippen LogP contribution in [-0.2, 0) is 6.42 Å². The standard InChI is InChI=1S/C16H22N2/c1-16(2,3)15-14-12(9-10-18(15)4)11-7-5-6-8-13(11)17-14/h5-8,15,17H,9-10H2,1-4H3. The fourth-order valence-electron chi connectivity index (χ4n) is 3.46. The Hall–Kier alpha value is -1.28. The lowest BCUT2D eigenvalue weighted by atomic mass is 9.80. The Bertz CT molecular complexity index is 574. The van der Waals surface area contributed by atoms with Crippen LogP contribution in [0.3, 0.4) is 0 Å². The van der Waals surface area contributed by atoms with Gasteiger partial charge in [0.25, 0.3) is 0 Å². The zero-order valence-corrected chi connectivity index (χ0v) is 11.7. The van der Waals surface area contributed by atoms with Crippen LogP contribution in [0.2, 0.25) is 0 Å². The Balaban J connectivity index is 2.23. The van der Waals surface area contributed by atoms with Crippen molar-refractivity contribution in [3.8, 4) is 0 Å². The van der Waals surface area contributed by atoms with E-state index in [0.29, 0.717) is 6.04 Å². The number of para-hydroxylation sites is 1. The van der Waals surface area contributed by atoms with Gasteiger partial charge >= 0.3 is 0 Å². The summed E-state index contributed by atoms with van der Waals surface area (Å²) in [6.45, 7) is 8.13. The molecule has 0 spiro atoms. The molecule has 1 aromatic heterocycles. The summed E-state index contributed by atoms with van der Waals surface area (Å²) in [6.07, 6.45) is 1.16. The quantitative estimate of drug-likeness (QED) is 0.745. The number of rotatable bonds is 0. The molecule has 1 atom stereocenters. The second-order valence-electron chi connectivity index (χ2n) is 6.56. The number of H-pyrrole nitrogens is 1. The summed E-state index contributed by atoms with van der Waals surface area (Å²) in [4.78, 5) is 6.15. The summed E-state index contributed by atoms with van der Waals surface area (Å²) < 4.78 is 0. The van der Waals surface area contributed by atoms with E-state index >= 15 is 0 Å². The van der Waals surface area contributed by atoms with E-state index in [1.54, 1.807) is 0 Å². The van der Waals surface area contributed by atoms with Crippen molar-refractivity contribution in [1.29, 1.82) is 0 Å². The molecule has 0 saturated heterocycles. The van der Waals surface area contributed by atoms with Crippen molar-refractivity contribution in [3.63, 3.8) is 0 Å². The van der Waals surface area contributed by atoms with Crippen LogP contribution in [0, 0.1) is 5.41 Å². The summed E-state index contributed by atoms with van der Waals surface area (Å²) in [5, 5.41) is 1.41. The Kier molecular flexibility index (Phi) is 2.53. The molecule has 0 aliphatic carbocycles. The summed E-state index contributed by atoms with van der Waals surface area (Å²) in [7, 11) is 2.24. The normalized spacial score (nSPS) is 21.2. The van der Waals surface area contributed by atoms with E-state index in [2.05, 4.69) is 62.0 Å². The molecule has 0 amide bonds. The van der Waals surface area contributed by atoms with Gasteiger partial charge in [-0.15, -0.1) is 0 Å². The Labute approximate surface area is 109 Å². The topological polar surface area (TPSA) is 19.0 Å². The van der Waals surface area contributed by atoms with Gasteiger partial charge in [-0.05, 0) is 30.5 Å². The number of benzene rings is 1. The van der Waals surface area contributed by atoms with Gasteiger partial charge in [0, 0.05) is 23.1 Å². The zero-order chi connectivity index (χ0) is 12.9. The predicted octanol–water partition coefficient (Wildman–Crippen LogP) is 3.74. The molecule has 1 aromatic carbocycles. The highest BCUT2D eigenvalue weighted by molar-refractivity contribution is 5.85. The third-order valence-corrected chi connectivity index (χ3v) is 4.10. The number of aromatic amines is 1. The van der Waals surface area contributed by atoms with Crippen LogP contribution in [0.15, 0.2) is 24.3 Å². The number of aromatic nitrogens is 1. The van der Waals surface area contributed by atoms with Crippen molar-refractivity contribution >= 4 is 10.9 Å². The molecule has 2 heterocycles. The second kappa shape index (κ2) is 3.86. The Morgan fingerprint density at radius 2 is 1.94 bits per heavy atom. The van der Waals surface area contributed by atoms with E-state index in [1.807, 2.05) is 0 Å². The maximum absolute atomic E-state index is 3.66. The van der Waals surface area contributed by atoms with Crippen molar-refractivity contribution < 1.29 is 0 Å². The van der Waals surface area contributed by atoms with Gasteiger partial charge in [0.1, 0.15) is 0 Å². The summed E-state index contributed by atoms with van der Waals surface area (Å²) in [5.41, 5.74) is 4.50. The van der Waals surface area contributed by atoms with Gasteiger partial charge in [-0.2, -0.15) is 0 Å². The first kappa shape index (κ1) is 11.8. The van der Waals surface area contributed by atoms with Gasteiger partial charge in [-0.3, -0.25) is 4.90 Å². The van der Waals surface area contributed by atoms with Crippen molar-refractivity contribution in [1.82, 2.24) is 9.88 Å². The molecule has 0 radical (unpaired) electrons. The van der Waals surface area contributed by atoms with Crippen LogP contribution < -0.4 is 0 Å². The fraction of sp³-hybridized carbons (Fsp3) is 0.500. The molecule has 0 saturated carbocycles. The average molecular weight is 242 g/mol. The van der Waals surface area contributed by atoms with Gasteiger partial charge in [0.05, 0.1) is 6.04 Å². The van der Waals surface area contributed by atoms with Gasteiger partial charge < -0.3 is 4.98 Å². The molecule has 18 heavy (non-hydrogen) atoms. The second-order valence-corrected chi connectivity index (χ2v) is 6.56. The molecule has 3 rings (SSSR count). The highest BCUT2D eigenvalue weighted by atomic mass is 15.2. The number of hydrogen-bond acceptors (Lipinski definition) is 1. The molecule has 1 unspecified atom stereocenters. The summed E-state index contributed by atoms with van der Waals surface area (Å²) in [5.74, 6) is 0. The molecule has 2 aromatic rings. The minimum atomic E-state index is 0.255. The number of fused-ring (bicyclic) bond motifs is 3. The minimum absolute atomic E-state index is 0.255. The third kappa shape index (κ3) is 1.67. The van der Waals surface area contributed by atoms with Crippen molar-refractivity contribution in [2.24, 2.45) is 5.41 Å². The number of likely N-dealkylation sites (N-methyl/N-ethyl adjacent to an activating group) is 1. The van der Waals surface area contributed by atoms with Gasteiger partial charge in [-0.1, -0.05) is 39.0 Å². The lowest BCUT2D eigenvalue weighted by Gasteiger charge is -2.41. The molecule has 96 valence electrons. The van der Waals surface area contributed by atoms with Crippen molar-refractivity contribution in [2.75, 3.05) is 13.6 Å². The van der Waals surface area contributed by atoms with E-state index < -0.39 is 0 Å². The number of nitrogens with one attached hydrogen (secondary N) is 1. The van der Waals surface area contributed by atoms with Crippen LogP contribution in [0.25, 0.3) is 10.9 Å². The largest absolute Gasteiger partial charge is 0.357 e. The molecular formula is C16H22N2. The maximum atomic E-state index is 3.66. The highest BCUT2D eigenvalue weighted by Crippen LogP contribution is 2.43. The molecule has 0 bridgehead atoms. The van der Waals surface area contributed by atoms with E-state index in [0.717, 1.165) is 13.0 Å². The summed E-state index contributed by atoms with van der Waals surface area (Å²) in [6, 6.07) is 9.16. The van der Waals surface area contributed by atoms with Gasteiger partial charge in [-0.25, -0.2) is 0 Å². The van der Waals surface area contributed by atoms with Crippen molar-refractivity contribution in [2.45, 2.75) is 33.2 Å². The molecule has 2 nitrogen and oxygen atoms in total. The van der Waals surface area contributed by atoms with Crippen LogP contribution in [-0.4, -0.2) is 23.5 Å². The molecule has 1 aliphatic heterocycles. The van der Waals surface area contributed by atoms with E-state index in [9.17, 15) is 0 Å². The third-order valence-electron chi connectivity index (χ3n) is 4.10. The van der Waals surface area contributed by atoms with Crippen LogP contribution in [0.4, 0.5) is 0 Å². The minimum Gasteiger partial charge on any atom is -0.357 e. The van der Waals surface area contributed by atoms with E-state index in [-0.39, 0.29) is 5.41 Å². The highest BCUT2D eigenvalue weighted by Gasteiger charge is 2.36. The molecule has 1 N–H and O–H groups in total. The van der Waals surface area contributed by atoms with E-state index in [1.165, 1.54) is 22.2 Å². The first-order valence-corrected chi connectivity index (χ1v) is 6.78. The first-order valence-electron chi connectivity index (χ1n) is 6.78. The van der Waals surface area contributed by atoms with Crippen LogP contribution in [0.5, 0.6) is 0 Å². The maximum Gasteiger partial charge on any atom is 0.0547 e. The van der Waals surface area contributed by atoms with E-state index in [4.69, 9.17) is 0 Å². The van der Waals surface area contributed by atoms with Crippen LogP contribution in [0.1, 0.15) is 38.1 Å². The van der Waals surface area contributed by atoms with Gasteiger partial charge in [0.2, 0.25) is 0 Å². The smallest absolute Gasteiger partial charge is 0.0547 e. The van der Waals surface area contributed by atoms with Gasteiger partial charge in [0.15, 0.2) is 0 Å². The Morgan fingerprint density at radius 3 is 2.67 bits per heavy atom. The Morgan fingerprint density at radius 1 is 1.22 bits per heavy atom. The molecule has 2 heteroatoms. The first-order chi connectivity index (χ1) is 8.48. The molecule has 0 fully saturated rings. The average Bonchev–Trinajstić information content (AvgIpc) is 2.64.